The standard InChI is InChI=1S/C33H38O3S/c1-22-14-30(37(28-10-6-4-7-11-28)29-12-8-5-9-13-29)15-23(2)32(22)36-31(34)21-35-33(3)26-17-24-16-25(19-26)20-27(33)18-24/h4-15,24-27,37H,16-21H2,1-3H3. The first-order chi connectivity index (χ1) is 17.9. The van der Waals surface area contributed by atoms with Crippen LogP contribution in [-0.2, 0) is 9.53 Å². The molecule has 0 aromatic heterocycles. The molecule has 0 radical (unpaired) electrons. The highest BCUT2D eigenvalue weighted by molar-refractivity contribution is 8.17. The maximum absolute atomic E-state index is 13.0. The molecule has 0 spiro atoms. The second kappa shape index (κ2) is 9.96. The summed E-state index contributed by atoms with van der Waals surface area (Å²) in [5, 5.41) is 0. The average molecular weight is 515 g/mol. The summed E-state index contributed by atoms with van der Waals surface area (Å²) in [6.45, 7) is 6.37. The minimum Gasteiger partial charge on any atom is -0.424 e. The molecule has 0 atom stereocenters. The van der Waals surface area contributed by atoms with Crippen LogP contribution in [0.1, 0.15) is 50.2 Å². The summed E-state index contributed by atoms with van der Waals surface area (Å²) < 4.78 is 12.4. The first kappa shape index (κ1) is 24.8. The van der Waals surface area contributed by atoms with Gasteiger partial charge in [0.15, 0.2) is 0 Å². The molecule has 4 aliphatic carbocycles. The van der Waals surface area contributed by atoms with Crippen LogP contribution in [0.25, 0.3) is 0 Å². The van der Waals surface area contributed by atoms with Crippen molar-refractivity contribution in [3.63, 3.8) is 0 Å². The van der Waals surface area contributed by atoms with Gasteiger partial charge in [0, 0.05) is 0 Å². The molecule has 37 heavy (non-hydrogen) atoms. The number of carbonyl (C=O) groups excluding carboxylic acids is 1. The molecule has 4 saturated carbocycles. The molecule has 0 heterocycles. The van der Waals surface area contributed by atoms with Gasteiger partial charge >= 0.3 is 5.97 Å². The number of rotatable bonds is 7. The van der Waals surface area contributed by atoms with Crippen LogP contribution in [-0.4, -0.2) is 18.2 Å². The molecule has 0 amide bonds. The third-order valence-electron chi connectivity index (χ3n) is 9.21. The van der Waals surface area contributed by atoms with Gasteiger partial charge in [0.2, 0.25) is 0 Å². The second-order valence-electron chi connectivity index (χ2n) is 11.7. The number of ether oxygens (including phenoxy) is 2. The predicted molar refractivity (Wildman–Crippen MR) is 150 cm³/mol. The number of hydrogen-bond donors (Lipinski definition) is 1. The maximum Gasteiger partial charge on any atom is 0.337 e. The summed E-state index contributed by atoms with van der Waals surface area (Å²) >= 11 is 0. The third kappa shape index (κ3) is 4.75. The van der Waals surface area contributed by atoms with Crippen LogP contribution in [0.15, 0.2) is 87.5 Å². The Labute approximate surface area is 223 Å². The maximum atomic E-state index is 13.0. The summed E-state index contributed by atoms with van der Waals surface area (Å²) in [5.74, 6) is 3.33. The highest BCUT2D eigenvalue weighted by atomic mass is 32.2. The van der Waals surface area contributed by atoms with E-state index in [4.69, 9.17) is 9.47 Å². The summed E-state index contributed by atoms with van der Waals surface area (Å²) in [6.07, 6.45) is 6.48. The van der Waals surface area contributed by atoms with Crippen molar-refractivity contribution in [1.29, 1.82) is 0 Å². The lowest BCUT2D eigenvalue weighted by molar-refractivity contribution is -0.199. The van der Waals surface area contributed by atoms with Gasteiger partial charge in [-0.25, -0.2) is 4.79 Å². The van der Waals surface area contributed by atoms with Gasteiger partial charge in [-0.05, 0) is 139 Å². The van der Waals surface area contributed by atoms with Gasteiger partial charge in [-0.15, -0.1) is 0 Å². The summed E-state index contributed by atoms with van der Waals surface area (Å²) in [7, 11) is -0.705. The average Bonchev–Trinajstić information content (AvgIpc) is 2.89. The lowest BCUT2D eigenvalue weighted by atomic mass is 9.50. The third-order valence-corrected chi connectivity index (χ3v) is 11.6. The molecule has 3 aromatic rings. The fourth-order valence-corrected chi connectivity index (χ4v) is 10.0. The van der Waals surface area contributed by atoms with Crippen LogP contribution in [0.5, 0.6) is 5.75 Å². The number of esters is 1. The van der Waals surface area contributed by atoms with Crippen LogP contribution in [0.2, 0.25) is 0 Å². The largest absolute Gasteiger partial charge is 0.424 e. The van der Waals surface area contributed by atoms with E-state index in [1.54, 1.807) is 0 Å². The Hall–Kier alpha value is -2.56. The number of thiol groups is 1. The van der Waals surface area contributed by atoms with Gasteiger partial charge in [-0.1, -0.05) is 36.4 Å². The molecule has 3 aromatic carbocycles. The minimum absolute atomic E-state index is 0.0280. The molecule has 4 heteroatoms. The Morgan fingerprint density at radius 2 is 1.27 bits per heavy atom. The van der Waals surface area contributed by atoms with Gasteiger partial charge in [0.1, 0.15) is 12.4 Å². The first-order valence-electron chi connectivity index (χ1n) is 13.8. The van der Waals surface area contributed by atoms with Crippen molar-refractivity contribution in [2.45, 2.75) is 73.2 Å². The smallest absolute Gasteiger partial charge is 0.337 e. The normalized spacial score (nSPS) is 28.2. The van der Waals surface area contributed by atoms with Crippen molar-refractivity contribution in [2.75, 3.05) is 6.61 Å². The highest BCUT2D eigenvalue weighted by Gasteiger charge is 2.55. The van der Waals surface area contributed by atoms with Crippen molar-refractivity contribution >= 4 is 16.9 Å². The molecule has 194 valence electrons. The van der Waals surface area contributed by atoms with Gasteiger partial charge in [-0.3, -0.25) is 0 Å². The minimum atomic E-state index is -0.705. The lowest BCUT2D eigenvalue weighted by Gasteiger charge is -2.59. The Bertz CT molecular complexity index is 1180. The Morgan fingerprint density at radius 3 is 1.76 bits per heavy atom. The SMILES string of the molecule is Cc1cc([SH](c2ccccc2)c2ccccc2)cc(C)c1OC(=O)COC1(C)C2CC3CC(C2)CC1C3. The van der Waals surface area contributed by atoms with Gasteiger partial charge in [0.25, 0.3) is 0 Å². The second-order valence-corrected chi connectivity index (χ2v) is 13.9. The molecular weight excluding hydrogens is 476 g/mol. The molecule has 4 fully saturated rings. The van der Waals surface area contributed by atoms with Crippen molar-refractivity contribution in [2.24, 2.45) is 23.7 Å². The fraction of sp³-hybridized carbons (Fsp3) is 0.424. The number of aryl methyl sites for hydroxylation is 2. The first-order valence-corrected chi connectivity index (χ1v) is 15.1. The van der Waals surface area contributed by atoms with Gasteiger partial charge < -0.3 is 9.47 Å². The quantitative estimate of drug-likeness (QED) is 0.198. The van der Waals surface area contributed by atoms with E-state index >= 15 is 0 Å². The van der Waals surface area contributed by atoms with E-state index in [2.05, 4.69) is 79.7 Å². The van der Waals surface area contributed by atoms with E-state index in [9.17, 15) is 4.79 Å². The Kier molecular flexibility index (Phi) is 6.66. The zero-order chi connectivity index (χ0) is 25.6. The lowest BCUT2D eigenvalue weighted by Crippen LogP contribution is -2.57. The van der Waals surface area contributed by atoms with E-state index in [0.717, 1.165) is 23.0 Å². The molecule has 0 aliphatic heterocycles. The van der Waals surface area contributed by atoms with Crippen LogP contribution in [0.3, 0.4) is 0 Å². The van der Waals surface area contributed by atoms with Crippen molar-refractivity contribution in [3.8, 4) is 5.75 Å². The fourth-order valence-electron chi connectivity index (χ4n) is 7.53. The topological polar surface area (TPSA) is 35.5 Å². The molecule has 7 rings (SSSR count). The summed E-state index contributed by atoms with van der Waals surface area (Å²) in [6, 6.07) is 25.8. The van der Waals surface area contributed by atoms with Gasteiger partial charge in [-0.2, -0.15) is 10.9 Å². The molecule has 0 N–H and O–H groups in total. The molecule has 4 aliphatic rings. The van der Waals surface area contributed by atoms with E-state index in [-0.39, 0.29) is 18.2 Å². The van der Waals surface area contributed by atoms with E-state index in [0.29, 0.717) is 17.6 Å². The summed E-state index contributed by atoms with van der Waals surface area (Å²) in [4.78, 5) is 16.9. The zero-order valence-corrected chi connectivity index (χ0v) is 23.0. The van der Waals surface area contributed by atoms with Gasteiger partial charge in [0.05, 0.1) is 5.60 Å². The Morgan fingerprint density at radius 1 is 0.784 bits per heavy atom. The predicted octanol–water partition coefficient (Wildman–Crippen LogP) is 7.92. The van der Waals surface area contributed by atoms with Crippen LogP contribution in [0, 0.1) is 37.5 Å². The molecule has 0 unspecified atom stereocenters. The number of benzene rings is 3. The van der Waals surface area contributed by atoms with E-state index in [1.165, 1.54) is 46.8 Å². The monoisotopic (exact) mass is 514 g/mol. The van der Waals surface area contributed by atoms with Crippen LogP contribution >= 0.6 is 10.9 Å². The zero-order valence-electron chi connectivity index (χ0n) is 22.2. The highest BCUT2D eigenvalue weighted by Crippen LogP contribution is 2.59. The van der Waals surface area contributed by atoms with E-state index in [1.807, 2.05) is 13.8 Å². The molecule has 0 saturated heterocycles. The molecular formula is C33H38O3S. The van der Waals surface area contributed by atoms with Crippen molar-refractivity contribution < 1.29 is 14.3 Å². The van der Waals surface area contributed by atoms with Crippen LogP contribution in [0.4, 0.5) is 0 Å². The number of hydrogen-bond acceptors (Lipinski definition) is 3. The van der Waals surface area contributed by atoms with E-state index < -0.39 is 10.9 Å². The number of carbonyl (C=O) groups is 1. The summed E-state index contributed by atoms with van der Waals surface area (Å²) in [5.41, 5.74) is 1.80. The Balaban J connectivity index is 1.19. The molecule has 3 nitrogen and oxygen atoms in total. The van der Waals surface area contributed by atoms with Crippen LogP contribution < -0.4 is 4.74 Å². The van der Waals surface area contributed by atoms with Crippen molar-refractivity contribution in [3.05, 3.63) is 83.9 Å². The molecule has 4 bridgehead atoms. The van der Waals surface area contributed by atoms with Crippen molar-refractivity contribution in [1.82, 2.24) is 0 Å².